The lowest BCUT2D eigenvalue weighted by Crippen LogP contribution is -2.29. The highest BCUT2D eigenvalue weighted by Gasteiger charge is 2.29. The Bertz CT molecular complexity index is 466. The van der Waals surface area contributed by atoms with Gasteiger partial charge in [0.15, 0.2) is 0 Å². The van der Waals surface area contributed by atoms with Gasteiger partial charge in [-0.25, -0.2) is 0 Å². The van der Waals surface area contributed by atoms with E-state index in [1.165, 1.54) is 24.0 Å². The molecule has 4 heteroatoms. The molecule has 0 saturated heterocycles. The van der Waals surface area contributed by atoms with E-state index in [4.69, 9.17) is 9.84 Å². The molecule has 0 aromatic heterocycles. The summed E-state index contributed by atoms with van der Waals surface area (Å²) in [6.45, 7) is 5.46. The van der Waals surface area contributed by atoms with Gasteiger partial charge in [0.2, 0.25) is 0 Å². The lowest BCUT2D eigenvalue weighted by atomic mass is 10.1. The summed E-state index contributed by atoms with van der Waals surface area (Å²) in [4.78, 5) is 14.0. The number of nitrogens with zero attached hydrogens (tertiary/aromatic N) is 1. The fourth-order valence-corrected chi connectivity index (χ4v) is 2.47. The first-order chi connectivity index (χ1) is 10.6. The van der Waals surface area contributed by atoms with Gasteiger partial charge in [-0.1, -0.05) is 31.2 Å². The number of hydrogen-bond donors (Lipinski definition) is 1. The Morgan fingerprint density at radius 3 is 2.50 bits per heavy atom. The van der Waals surface area contributed by atoms with Crippen molar-refractivity contribution >= 4 is 5.97 Å². The first-order valence-electron chi connectivity index (χ1n) is 8.24. The maximum atomic E-state index is 11.7. The van der Waals surface area contributed by atoms with E-state index >= 15 is 0 Å². The molecular weight excluding hydrogens is 278 g/mol. The first-order valence-corrected chi connectivity index (χ1v) is 8.24. The van der Waals surface area contributed by atoms with Gasteiger partial charge in [-0.2, -0.15) is 0 Å². The largest absolute Gasteiger partial charge is 0.463 e. The van der Waals surface area contributed by atoms with Crippen molar-refractivity contribution in [2.24, 2.45) is 0 Å². The van der Waals surface area contributed by atoms with Crippen molar-refractivity contribution in [2.45, 2.75) is 58.2 Å². The van der Waals surface area contributed by atoms with Gasteiger partial charge in [0.05, 0.1) is 12.5 Å². The van der Waals surface area contributed by atoms with Crippen molar-refractivity contribution in [3.8, 4) is 0 Å². The normalized spacial score (nSPS) is 15.8. The first kappa shape index (κ1) is 17.0. The Hall–Kier alpha value is -1.39. The second-order valence-electron chi connectivity index (χ2n) is 6.15. The monoisotopic (exact) mass is 305 g/mol. The predicted molar refractivity (Wildman–Crippen MR) is 86.5 cm³/mol. The maximum absolute atomic E-state index is 11.7. The van der Waals surface area contributed by atoms with Crippen molar-refractivity contribution in [2.75, 3.05) is 13.2 Å². The zero-order chi connectivity index (χ0) is 15.9. The Balaban J connectivity index is 1.81. The number of carbonyl (C=O) groups is 1. The van der Waals surface area contributed by atoms with Crippen LogP contribution in [0.15, 0.2) is 24.3 Å². The van der Waals surface area contributed by atoms with Crippen molar-refractivity contribution < 1.29 is 14.6 Å². The standard InChI is InChI=1S/C18H27NO3/c1-3-15-4-6-16(7-5-15)12-19(17-8-9-17)11-10-18(21)22-13-14(2)20/h4-7,14,17,20H,3,8-13H2,1-2H3. The van der Waals surface area contributed by atoms with Gasteiger partial charge >= 0.3 is 5.97 Å². The van der Waals surface area contributed by atoms with Crippen LogP contribution in [0.1, 0.15) is 44.2 Å². The van der Waals surface area contributed by atoms with Crippen molar-refractivity contribution in [3.05, 3.63) is 35.4 Å². The van der Waals surface area contributed by atoms with Crippen LogP contribution in [0.2, 0.25) is 0 Å². The molecule has 0 bridgehead atoms. The highest BCUT2D eigenvalue weighted by molar-refractivity contribution is 5.69. The topological polar surface area (TPSA) is 49.8 Å². The van der Waals surface area contributed by atoms with E-state index < -0.39 is 6.10 Å². The minimum Gasteiger partial charge on any atom is -0.463 e. The number of esters is 1. The predicted octanol–water partition coefficient (Wildman–Crippen LogP) is 2.53. The zero-order valence-electron chi connectivity index (χ0n) is 13.6. The molecule has 22 heavy (non-hydrogen) atoms. The smallest absolute Gasteiger partial charge is 0.307 e. The van der Waals surface area contributed by atoms with Gasteiger partial charge < -0.3 is 9.84 Å². The minimum absolute atomic E-state index is 0.0841. The lowest BCUT2D eigenvalue weighted by molar-refractivity contribution is -0.146. The van der Waals surface area contributed by atoms with Crippen LogP contribution in [-0.4, -0.2) is 41.3 Å². The van der Waals surface area contributed by atoms with Gasteiger partial charge in [-0.3, -0.25) is 9.69 Å². The van der Waals surface area contributed by atoms with E-state index in [9.17, 15) is 4.79 Å². The highest BCUT2D eigenvalue weighted by atomic mass is 16.5. The van der Waals surface area contributed by atoms with Gasteiger partial charge in [0, 0.05) is 19.1 Å². The molecule has 2 rings (SSSR count). The third-order valence-electron chi connectivity index (χ3n) is 3.97. The number of aliphatic hydroxyl groups excluding tert-OH is 1. The number of hydrogen-bond acceptors (Lipinski definition) is 4. The van der Waals surface area contributed by atoms with Crippen LogP contribution >= 0.6 is 0 Å². The summed E-state index contributed by atoms with van der Waals surface area (Å²) in [6, 6.07) is 9.32. The van der Waals surface area contributed by atoms with Crippen LogP contribution in [-0.2, 0) is 22.5 Å². The van der Waals surface area contributed by atoms with E-state index in [1.807, 2.05) is 0 Å². The third-order valence-corrected chi connectivity index (χ3v) is 3.97. The Morgan fingerprint density at radius 2 is 1.95 bits per heavy atom. The molecule has 0 amide bonds. The zero-order valence-corrected chi connectivity index (χ0v) is 13.6. The fraction of sp³-hybridized carbons (Fsp3) is 0.611. The second kappa shape index (κ2) is 8.30. The SMILES string of the molecule is CCc1ccc(CN(CCC(=O)OCC(C)O)C2CC2)cc1. The summed E-state index contributed by atoms with van der Waals surface area (Å²) >= 11 is 0. The molecule has 0 heterocycles. The molecule has 0 aliphatic heterocycles. The second-order valence-corrected chi connectivity index (χ2v) is 6.15. The summed E-state index contributed by atoms with van der Waals surface area (Å²) in [7, 11) is 0. The number of benzene rings is 1. The quantitative estimate of drug-likeness (QED) is 0.712. The number of ether oxygens (including phenoxy) is 1. The summed E-state index contributed by atoms with van der Waals surface area (Å²) < 4.78 is 5.02. The van der Waals surface area contributed by atoms with Crippen molar-refractivity contribution in [3.63, 3.8) is 0 Å². The highest BCUT2D eigenvalue weighted by Crippen LogP contribution is 2.28. The summed E-state index contributed by atoms with van der Waals surface area (Å²) in [5.41, 5.74) is 2.64. The Morgan fingerprint density at radius 1 is 1.32 bits per heavy atom. The molecule has 1 atom stereocenters. The number of aryl methyl sites for hydroxylation is 1. The van der Waals surface area contributed by atoms with Crippen LogP contribution in [0.4, 0.5) is 0 Å². The van der Waals surface area contributed by atoms with Crippen LogP contribution in [0.3, 0.4) is 0 Å². The van der Waals surface area contributed by atoms with Gasteiger partial charge in [-0.15, -0.1) is 0 Å². The third kappa shape index (κ3) is 5.78. The van der Waals surface area contributed by atoms with Crippen molar-refractivity contribution in [1.82, 2.24) is 4.90 Å². The number of carbonyl (C=O) groups excluding carboxylic acids is 1. The van der Waals surface area contributed by atoms with E-state index in [2.05, 4.69) is 36.1 Å². The fourth-order valence-electron chi connectivity index (χ4n) is 2.47. The lowest BCUT2D eigenvalue weighted by Gasteiger charge is -2.22. The number of aliphatic hydroxyl groups is 1. The average Bonchev–Trinajstić information content (AvgIpc) is 3.34. The molecule has 1 N–H and O–H groups in total. The summed E-state index contributed by atoms with van der Waals surface area (Å²) in [6.07, 6.45) is 3.28. The number of rotatable bonds is 9. The minimum atomic E-state index is -0.597. The molecule has 122 valence electrons. The van der Waals surface area contributed by atoms with Crippen LogP contribution in [0.5, 0.6) is 0 Å². The van der Waals surface area contributed by atoms with E-state index in [0.29, 0.717) is 12.5 Å². The molecule has 1 aliphatic carbocycles. The Labute approximate surface area is 133 Å². The van der Waals surface area contributed by atoms with Crippen molar-refractivity contribution in [1.29, 1.82) is 0 Å². The Kier molecular flexibility index (Phi) is 6.40. The summed E-state index contributed by atoms with van der Waals surface area (Å²) in [5, 5.41) is 9.13. The van der Waals surface area contributed by atoms with Crippen LogP contribution < -0.4 is 0 Å². The molecule has 0 radical (unpaired) electrons. The van der Waals surface area contributed by atoms with Gasteiger partial charge in [0.25, 0.3) is 0 Å². The van der Waals surface area contributed by atoms with Crippen LogP contribution in [0.25, 0.3) is 0 Å². The van der Waals surface area contributed by atoms with E-state index in [0.717, 1.165) is 19.5 Å². The molecule has 1 unspecified atom stereocenters. The van der Waals surface area contributed by atoms with Gasteiger partial charge in [-0.05, 0) is 37.3 Å². The molecule has 1 aromatic rings. The molecule has 0 spiro atoms. The molecule has 1 aromatic carbocycles. The molecule has 1 fully saturated rings. The molecular formula is C18H27NO3. The van der Waals surface area contributed by atoms with E-state index in [1.54, 1.807) is 6.92 Å². The maximum Gasteiger partial charge on any atom is 0.307 e. The molecule has 1 aliphatic rings. The summed E-state index contributed by atoms with van der Waals surface area (Å²) in [5.74, 6) is -0.229. The average molecular weight is 305 g/mol. The van der Waals surface area contributed by atoms with E-state index in [-0.39, 0.29) is 12.6 Å². The molecule has 4 nitrogen and oxygen atoms in total. The molecule has 1 saturated carbocycles. The van der Waals surface area contributed by atoms with Gasteiger partial charge in [0.1, 0.15) is 6.61 Å². The van der Waals surface area contributed by atoms with Crippen LogP contribution in [0, 0.1) is 0 Å².